The summed E-state index contributed by atoms with van der Waals surface area (Å²) in [5.41, 5.74) is 1.83. The number of aromatic hydroxyl groups is 1. The van der Waals surface area contributed by atoms with E-state index in [2.05, 4.69) is 20.5 Å². The average molecular weight is 479 g/mol. The van der Waals surface area contributed by atoms with E-state index >= 15 is 0 Å². The van der Waals surface area contributed by atoms with Crippen molar-refractivity contribution < 1.29 is 15.0 Å². The third-order valence-corrected chi connectivity index (χ3v) is 6.66. The summed E-state index contributed by atoms with van der Waals surface area (Å²) in [4.78, 5) is 28.7. The normalized spacial score (nSPS) is 15.8. The van der Waals surface area contributed by atoms with Gasteiger partial charge in [-0.3, -0.25) is 9.59 Å². The molecule has 1 aromatic heterocycles. The van der Waals surface area contributed by atoms with E-state index in [1.165, 1.54) is 12.1 Å². The molecule has 8 heteroatoms. The molecule has 8 nitrogen and oxygen atoms in total. The van der Waals surface area contributed by atoms with E-state index in [0.717, 1.165) is 44.5 Å². The van der Waals surface area contributed by atoms with Crippen LogP contribution in [-0.2, 0) is 11.3 Å². The van der Waals surface area contributed by atoms with Crippen molar-refractivity contribution in [1.82, 2.24) is 20.5 Å². The number of aromatic nitrogens is 1. The third-order valence-electron chi connectivity index (χ3n) is 6.66. The Kier molecular flexibility index (Phi) is 8.52. The molecule has 1 saturated heterocycles. The Hall–Kier alpha value is -3.20. The molecule has 35 heavy (non-hydrogen) atoms. The molecule has 5 N–H and O–H groups in total. The number of phenolic OH excluding ortho intramolecular Hbond substituents is 1. The number of hydrogen-bond donors (Lipinski definition) is 5. The first-order valence-corrected chi connectivity index (χ1v) is 12.3. The first kappa shape index (κ1) is 24.9. The first-order valence-electron chi connectivity index (χ1n) is 12.3. The number of amides is 1. The number of aliphatic hydroxyl groups is 1. The zero-order valence-electron chi connectivity index (χ0n) is 19.9. The molecule has 1 amide bonds. The van der Waals surface area contributed by atoms with E-state index in [9.17, 15) is 19.8 Å². The smallest absolute Gasteiger partial charge is 0.248 e. The van der Waals surface area contributed by atoms with Crippen LogP contribution in [0.1, 0.15) is 42.9 Å². The van der Waals surface area contributed by atoms with Gasteiger partial charge in [-0.25, -0.2) is 0 Å². The molecule has 3 aromatic rings. The average Bonchev–Trinajstić information content (AvgIpc) is 2.88. The summed E-state index contributed by atoms with van der Waals surface area (Å²) in [6.45, 7) is 3.79. The lowest BCUT2D eigenvalue weighted by Gasteiger charge is -2.33. The van der Waals surface area contributed by atoms with E-state index in [0.29, 0.717) is 42.0 Å². The number of piperidine rings is 1. The van der Waals surface area contributed by atoms with Crippen molar-refractivity contribution in [1.29, 1.82) is 0 Å². The molecule has 0 saturated carbocycles. The van der Waals surface area contributed by atoms with Gasteiger partial charge in [0.05, 0.1) is 11.6 Å². The van der Waals surface area contributed by atoms with Gasteiger partial charge in [0.15, 0.2) is 0 Å². The van der Waals surface area contributed by atoms with Crippen LogP contribution in [0.15, 0.2) is 59.4 Å². The Labute approximate surface area is 205 Å². The number of likely N-dealkylation sites (tertiary alicyclic amines) is 1. The molecule has 0 radical (unpaired) electrons. The molecule has 0 unspecified atom stereocenters. The number of nitrogens with zero attached hydrogens (tertiary/aromatic N) is 1. The van der Waals surface area contributed by atoms with Crippen LogP contribution >= 0.6 is 0 Å². The number of hydrogen-bond acceptors (Lipinski definition) is 6. The summed E-state index contributed by atoms with van der Waals surface area (Å²) in [5, 5.41) is 27.9. The van der Waals surface area contributed by atoms with Gasteiger partial charge in [0.25, 0.3) is 0 Å². The number of carbonyl (C=O) groups is 1. The Balaban J connectivity index is 1.15. The van der Waals surface area contributed by atoms with Crippen molar-refractivity contribution in [2.24, 2.45) is 0 Å². The largest absolute Gasteiger partial charge is 0.506 e. The number of phenols is 1. The molecule has 1 aliphatic rings. The van der Waals surface area contributed by atoms with Gasteiger partial charge in [0.1, 0.15) is 5.75 Å². The zero-order chi connectivity index (χ0) is 24.6. The molecular formula is C27H34N4O4. The Morgan fingerprint density at radius 2 is 1.86 bits per heavy atom. The number of pyridine rings is 1. The summed E-state index contributed by atoms with van der Waals surface area (Å²) in [5.74, 6) is 0.0767. The third kappa shape index (κ3) is 6.91. The van der Waals surface area contributed by atoms with Crippen LogP contribution in [0.2, 0.25) is 0 Å². The Bertz CT molecular complexity index is 1170. The molecular weight excluding hydrogens is 444 g/mol. The van der Waals surface area contributed by atoms with E-state index in [1.54, 1.807) is 12.1 Å². The van der Waals surface area contributed by atoms with Crippen LogP contribution in [0.25, 0.3) is 10.9 Å². The molecule has 0 spiro atoms. The van der Waals surface area contributed by atoms with Gasteiger partial charge >= 0.3 is 0 Å². The second-order valence-corrected chi connectivity index (χ2v) is 9.19. The van der Waals surface area contributed by atoms with Crippen LogP contribution in [0.5, 0.6) is 5.75 Å². The molecule has 1 aliphatic heterocycles. The van der Waals surface area contributed by atoms with Gasteiger partial charge in [-0.1, -0.05) is 36.4 Å². The number of aliphatic hydroxyl groups excluding tert-OH is 1. The topological polar surface area (TPSA) is 118 Å². The maximum Gasteiger partial charge on any atom is 0.248 e. The predicted octanol–water partition coefficient (Wildman–Crippen LogP) is 2.42. The lowest BCUT2D eigenvalue weighted by atomic mass is 10.0. The van der Waals surface area contributed by atoms with Crippen LogP contribution in [-0.4, -0.2) is 58.2 Å². The SMILES string of the molecule is O=C(CCCN1CCC(NC[C@@H](O)c2ccc(O)c3[nH]c(=O)ccc23)CC1)NCc1ccccc1. The van der Waals surface area contributed by atoms with E-state index in [4.69, 9.17) is 0 Å². The van der Waals surface area contributed by atoms with Gasteiger partial charge in [0.2, 0.25) is 11.5 Å². The maximum atomic E-state index is 12.1. The van der Waals surface area contributed by atoms with Crippen molar-refractivity contribution in [2.75, 3.05) is 26.2 Å². The second kappa shape index (κ2) is 12.0. The Morgan fingerprint density at radius 1 is 1.09 bits per heavy atom. The quantitative estimate of drug-likeness (QED) is 0.306. The summed E-state index contributed by atoms with van der Waals surface area (Å²) in [6.07, 6.45) is 2.58. The van der Waals surface area contributed by atoms with Gasteiger partial charge in [-0.05, 0) is 62.2 Å². The van der Waals surface area contributed by atoms with Gasteiger partial charge in [-0.2, -0.15) is 0 Å². The molecule has 1 atom stereocenters. The van der Waals surface area contributed by atoms with Crippen molar-refractivity contribution >= 4 is 16.8 Å². The fourth-order valence-electron chi connectivity index (χ4n) is 4.65. The highest BCUT2D eigenvalue weighted by molar-refractivity contribution is 5.87. The number of aromatic amines is 1. The maximum absolute atomic E-state index is 12.1. The van der Waals surface area contributed by atoms with Gasteiger partial charge < -0.3 is 30.7 Å². The number of benzene rings is 2. The molecule has 4 rings (SSSR count). The summed E-state index contributed by atoms with van der Waals surface area (Å²) in [7, 11) is 0. The number of fused-ring (bicyclic) bond motifs is 1. The van der Waals surface area contributed by atoms with E-state index < -0.39 is 6.10 Å². The summed E-state index contributed by atoms with van der Waals surface area (Å²) >= 11 is 0. The van der Waals surface area contributed by atoms with Crippen molar-refractivity contribution in [2.45, 2.75) is 44.4 Å². The van der Waals surface area contributed by atoms with Crippen LogP contribution in [0, 0.1) is 0 Å². The van der Waals surface area contributed by atoms with Crippen molar-refractivity contribution in [3.8, 4) is 5.75 Å². The van der Waals surface area contributed by atoms with Crippen molar-refractivity contribution in [3.63, 3.8) is 0 Å². The first-order chi connectivity index (χ1) is 17.0. The highest BCUT2D eigenvalue weighted by atomic mass is 16.3. The highest BCUT2D eigenvalue weighted by Crippen LogP contribution is 2.28. The molecule has 2 aromatic carbocycles. The summed E-state index contributed by atoms with van der Waals surface area (Å²) < 4.78 is 0. The minimum atomic E-state index is -0.753. The van der Waals surface area contributed by atoms with Crippen molar-refractivity contribution in [3.05, 3.63) is 76.1 Å². The van der Waals surface area contributed by atoms with Crippen LogP contribution in [0.4, 0.5) is 0 Å². The second-order valence-electron chi connectivity index (χ2n) is 9.19. The lowest BCUT2D eigenvalue weighted by Crippen LogP contribution is -2.44. The molecule has 2 heterocycles. The van der Waals surface area contributed by atoms with E-state index in [1.807, 2.05) is 30.3 Å². The Morgan fingerprint density at radius 3 is 2.63 bits per heavy atom. The zero-order valence-corrected chi connectivity index (χ0v) is 19.9. The minimum absolute atomic E-state index is 0.0114. The highest BCUT2D eigenvalue weighted by Gasteiger charge is 2.21. The number of H-pyrrole nitrogens is 1. The predicted molar refractivity (Wildman–Crippen MR) is 136 cm³/mol. The fraction of sp³-hybridized carbons (Fsp3) is 0.407. The number of rotatable bonds is 10. The van der Waals surface area contributed by atoms with Gasteiger partial charge in [-0.15, -0.1) is 0 Å². The van der Waals surface area contributed by atoms with E-state index in [-0.39, 0.29) is 17.2 Å². The molecule has 1 fully saturated rings. The van der Waals surface area contributed by atoms with Gasteiger partial charge in [0, 0.05) is 37.0 Å². The molecule has 0 bridgehead atoms. The standard InChI is InChI=1S/C27H34N4O4/c32-23-10-8-21(22-9-11-26(35)30-27(22)23)24(33)18-28-20-12-15-31(16-13-20)14-4-7-25(34)29-17-19-5-2-1-3-6-19/h1-3,5-6,8-11,20,24,28,32-33H,4,7,12-18H2,(H,29,34)(H,30,35)/t24-/m1/s1. The number of carbonyl (C=O) groups excluding carboxylic acids is 1. The molecule has 186 valence electrons. The van der Waals surface area contributed by atoms with Crippen LogP contribution in [0.3, 0.4) is 0 Å². The minimum Gasteiger partial charge on any atom is -0.506 e. The van der Waals surface area contributed by atoms with Crippen LogP contribution < -0.4 is 16.2 Å². The lowest BCUT2D eigenvalue weighted by molar-refractivity contribution is -0.121. The fourth-order valence-corrected chi connectivity index (χ4v) is 4.65. The number of nitrogens with one attached hydrogen (secondary N) is 3. The molecule has 0 aliphatic carbocycles. The monoisotopic (exact) mass is 478 g/mol. The summed E-state index contributed by atoms with van der Waals surface area (Å²) in [6, 6.07) is 16.5.